The summed E-state index contributed by atoms with van der Waals surface area (Å²) in [7, 11) is 1.85. The molecule has 0 bridgehead atoms. The van der Waals surface area contributed by atoms with E-state index < -0.39 is 0 Å². The molecule has 4 nitrogen and oxygen atoms in total. The summed E-state index contributed by atoms with van der Waals surface area (Å²) in [5, 5.41) is 8.00. The van der Waals surface area contributed by atoms with Crippen LogP contribution in [-0.4, -0.2) is 16.6 Å². The van der Waals surface area contributed by atoms with Gasteiger partial charge in [-0.2, -0.15) is 0 Å². The molecule has 6 heteroatoms. The molecule has 0 radical (unpaired) electrons. The predicted molar refractivity (Wildman–Crippen MR) is 72.1 cm³/mol. The van der Waals surface area contributed by atoms with Crippen LogP contribution in [0.3, 0.4) is 0 Å². The summed E-state index contributed by atoms with van der Waals surface area (Å²) in [6, 6.07) is 8.06. The predicted octanol–water partition coefficient (Wildman–Crippen LogP) is 3.06. The molecule has 1 aromatic heterocycles. The maximum atomic E-state index is 5.60. The van der Waals surface area contributed by atoms with Gasteiger partial charge in [0.15, 0.2) is 0 Å². The van der Waals surface area contributed by atoms with E-state index in [2.05, 4.69) is 30.8 Å². The highest BCUT2D eigenvalue weighted by Crippen LogP contribution is 2.18. The van der Waals surface area contributed by atoms with Crippen LogP contribution in [0.25, 0.3) is 0 Å². The second-order valence-corrected chi connectivity index (χ2v) is 5.09. The van der Waals surface area contributed by atoms with E-state index in [-0.39, 0.29) is 0 Å². The van der Waals surface area contributed by atoms with E-state index in [1.807, 2.05) is 31.3 Å². The zero-order valence-electron chi connectivity index (χ0n) is 9.31. The van der Waals surface area contributed by atoms with Crippen molar-refractivity contribution in [2.75, 3.05) is 12.4 Å². The van der Waals surface area contributed by atoms with Crippen molar-refractivity contribution >= 4 is 32.5 Å². The molecule has 1 aromatic carbocycles. The number of anilines is 1. The number of hydrogen-bond acceptors (Lipinski definition) is 5. The number of nitrogens with one attached hydrogen (secondary N) is 1. The van der Waals surface area contributed by atoms with Gasteiger partial charge in [-0.25, -0.2) is 0 Å². The Morgan fingerprint density at radius 2 is 2.06 bits per heavy atom. The summed E-state index contributed by atoms with van der Waals surface area (Å²) in [6.45, 7) is 1.05. The molecular weight excluding hydrogens is 302 g/mol. The molecular formula is C11H12BrN3OS. The smallest absolute Gasteiger partial charge is 0.135 e. The molecule has 2 aromatic rings. The fourth-order valence-electron chi connectivity index (χ4n) is 1.34. The fourth-order valence-corrected chi connectivity index (χ4v) is 2.12. The van der Waals surface area contributed by atoms with Gasteiger partial charge in [0.25, 0.3) is 0 Å². The highest BCUT2D eigenvalue weighted by molar-refractivity contribution is 9.10. The van der Waals surface area contributed by atoms with Gasteiger partial charge in [-0.15, -0.1) is 5.10 Å². The molecule has 90 valence electrons. The molecule has 0 saturated carbocycles. The van der Waals surface area contributed by atoms with Crippen molar-refractivity contribution in [3.63, 3.8) is 0 Å². The quantitative estimate of drug-likeness (QED) is 0.921. The van der Waals surface area contributed by atoms with Gasteiger partial charge in [0.1, 0.15) is 10.7 Å². The van der Waals surface area contributed by atoms with Crippen LogP contribution >= 0.6 is 27.5 Å². The largest absolute Gasteiger partial charge is 0.377 e. The van der Waals surface area contributed by atoms with Crippen LogP contribution in [-0.2, 0) is 18.0 Å². The Morgan fingerprint density at radius 3 is 2.76 bits per heavy atom. The highest BCUT2D eigenvalue weighted by Gasteiger charge is 2.05. The molecule has 0 fully saturated rings. The molecule has 0 amide bonds. The van der Waals surface area contributed by atoms with Gasteiger partial charge in [0.2, 0.25) is 0 Å². The van der Waals surface area contributed by atoms with Crippen LogP contribution in [0.15, 0.2) is 28.7 Å². The van der Waals surface area contributed by atoms with Gasteiger partial charge in [0.05, 0.1) is 13.2 Å². The average molecular weight is 314 g/mol. The third kappa shape index (κ3) is 3.49. The molecule has 0 atom stereocenters. The molecule has 0 unspecified atom stereocenters. The number of benzene rings is 1. The third-order valence-corrected chi connectivity index (χ3v) is 3.52. The number of halogens is 1. The fraction of sp³-hybridized carbons (Fsp3) is 0.273. The number of aromatic nitrogens is 2. The van der Waals surface area contributed by atoms with Gasteiger partial charge in [-0.3, -0.25) is 0 Å². The molecule has 0 saturated heterocycles. The number of rotatable bonds is 5. The van der Waals surface area contributed by atoms with E-state index in [4.69, 9.17) is 4.74 Å². The minimum atomic E-state index is 0.475. The summed E-state index contributed by atoms with van der Waals surface area (Å²) >= 11 is 4.74. The van der Waals surface area contributed by atoms with Crippen molar-refractivity contribution in [2.45, 2.75) is 13.2 Å². The summed E-state index contributed by atoms with van der Waals surface area (Å²) in [6.07, 6.45) is 0. The maximum absolute atomic E-state index is 5.60. The van der Waals surface area contributed by atoms with Crippen LogP contribution in [0.1, 0.15) is 11.3 Å². The van der Waals surface area contributed by atoms with Crippen molar-refractivity contribution in [1.82, 2.24) is 9.59 Å². The van der Waals surface area contributed by atoms with Crippen LogP contribution in [0.2, 0.25) is 0 Å². The van der Waals surface area contributed by atoms with Gasteiger partial charge in [-0.1, -0.05) is 32.6 Å². The first-order chi connectivity index (χ1) is 8.29. The molecule has 0 aliphatic rings. The lowest BCUT2D eigenvalue weighted by molar-refractivity contribution is 0.105. The normalized spacial score (nSPS) is 10.5. The van der Waals surface area contributed by atoms with E-state index in [9.17, 15) is 0 Å². The first-order valence-electron chi connectivity index (χ1n) is 5.11. The van der Waals surface area contributed by atoms with Crippen LogP contribution in [0.4, 0.5) is 5.00 Å². The molecule has 17 heavy (non-hydrogen) atoms. The first kappa shape index (κ1) is 12.5. The Hall–Kier alpha value is -0.980. The first-order valence-corrected chi connectivity index (χ1v) is 6.67. The maximum Gasteiger partial charge on any atom is 0.135 e. The number of nitrogens with zero attached hydrogens (tertiary/aromatic N) is 2. The second kappa shape index (κ2) is 6.09. The number of hydrogen-bond donors (Lipinski definition) is 1. The minimum Gasteiger partial charge on any atom is -0.377 e. The molecule has 0 spiro atoms. The Bertz CT molecular complexity index is 472. The van der Waals surface area contributed by atoms with E-state index >= 15 is 0 Å². The van der Waals surface area contributed by atoms with Crippen molar-refractivity contribution < 1.29 is 4.74 Å². The second-order valence-electron chi connectivity index (χ2n) is 3.42. The summed E-state index contributed by atoms with van der Waals surface area (Å²) in [4.78, 5) is 0. The van der Waals surface area contributed by atoms with Crippen molar-refractivity contribution in [3.05, 3.63) is 40.0 Å². The van der Waals surface area contributed by atoms with Crippen molar-refractivity contribution in [1.29, 1.82) is 0 Å². The molecule has 0 aliphatic carbocycles. The lowest BCUT2D eigenvalue weighted by Crippen LogP contribution is -1.97. The zero-order chi connectivity index (χ0) is 12.1. The monoisotopic (exact) mass is 313 g/mol. The third-order valence-electron chi connectivity index (χ3n) is 2.20. The van der Waals surface area contributed by atoms with E-state index in [0.717, 1.165) is 20.7 Å². The van der Waals surface area contributed by atoms with Gasteiger partial charge in [0, 0.05) is 23.1 Å². The van der Waals surface area contributed by atoms with Crippen molar-refractivity contribution in [2.24, 2.45) is 0 Å². The van der Waals surface area contributed by atoms with Gasteiger partial charge < -0.3 is 10.1 Å². The van der Waals surface area contributed by atoms with Crippen LogP contribution in [0.5, 0.6) is 0 Å². The summed E-state index contributed by atoms with van der Waals surface area (Å²) < 4.78 is 10.5. The van der Waals surface area contributed by atoms with Gasteiger partial charge in [-0.05, 0) is 17.7 Å². The molecule has 2 rings (SSSR count). The Labute approximate surface area is 112 Å². The van der Waals surface area contributed by atoms with Gasteiger partial charge >= 0.3 is 0 Å². The molecule has 0 aliphatic heterocycles. The average Bonchev–Trinajstić information content (AvgIpc) is 2.79. The van der Waals surface area contributed by atoms with E-state index in [1.165, 1.54) is 11.5 Å². The Kier molecular flexibility index (Phi) is 4.47. The topological polar surface area (TPSA) is 47.0 Å². The summed E-state index contributed by atoms with van der Waals surface area (Å²) in [5.41, 5.74) is 2.00. The van der Waals surface area contributed by atoms with E-state index in [0.29, 0.717) is 13.2 Å². The summed E-state index contributed by atoms with van der Waals surface area (Å²) in [5.74, 6) is 0. The highest BCUT2D eigenvalue weighted by atomic mass is 79.9. The Morgan fingerprint density at radius 1 is 1.29 bits per heavy atom. The zero-order valence-corrected chi connectivity index (χ0v) is 11.7. The SMILES string of the molecule is CNc1snnc1COCc1ccc(Br)cc1. The van der Waals surface area contributed by atoms with E-state index in [1.54, 1.807) is 0 Å². The molecule has 1 N–H and O–H groups in total. The lowest BCUT2D eigenvalue weighted by atomic mass is 10.2. The minimum absolute atomic E-state index is 0.475. The van der Waals surface area contributed by atoms with Crippen LogP contribution in [0, 0.1) is 0 Å². The lowest BCUT2D eigenvalue weighted by Gasteiger charge is -2.03. The Balaban J connectivity index is 1.85. The molecule has 1 heterocycles. The van der Waals surface area contributed by atoms with Crippen molar-refractivity contribution in [3.8, 4) is 0 Å². The standard InChI is InChI=1S/C11H12BrN3OS/c1-13-11-10(14-15-17-11)7-16-6-8-2-4-9(12)5-3-8/h2-5,13H,6-7H2,1H3. The van der Waals surface area contributed by atoms with Crippen LogP contribution < -0.4 is 5.32 Å². The number of ether oxygens (including phenoxy) is 1.